The fourth-order valence-corrected chi connectivity index (χ4v) is 3.73. The number of hydrogen-bond acceptors (Lipinski definition) is 5. The van der Waals surface area contributed by atoms with Gasteiger partial charge >= 0.3 is 0 Å². The number of aromatic nitrogens is 4. The van der Waals surface area contributed by atoms with E-state index in [1.165, 1.54) is 29.5 Å². The Balaban J connectivity index is 1.23. The Hall–Kier alpha value is -2.47. The maximum absolute atomic E-state index is 4.56. The van der Waals surface area contributed by atoms with Gasteiger partial charge in [-0.3, -0.25) is 4.90 Å². The zero-order valence-electron chi connectivity index (χ0n) is 16.3. The minimum absolute atomic E-state index is 0.856. The van der Waals surface area contributed by atoms with Crippen LogP contribution in [0.4, 0.5) is 5.95 Å². The van der Waals surface area contributed by atoms with Crippen LogP contribution in [0.1, 0.15) is 24.0 Å². The van der Waals surface area contributed by atoms with Crippen molar-refractivity contribution in [3.63, 3.8) is 0 Å². The third-order valence-corrected chi connectivity index (χ3v) is 5.57. The first-order chi connectivity index (χ1) is 13.2. The highest BCUT2D eigenvalue weighted by Crippen LogP contribution is 2.19. The summed E-state index contributed by atoms with van der Waals surface area (Å²) in [6, 6.07) is 6.32. The number of nitrogens with zero attached hydrogens (tertiary/aromatic N) is 6. The van der Waals surface area contributed by atoms with Crippen LogP contribution in [-0.2, 0) is 6.54 Å². The van der Waals surface area contributed by atoms with Crippen LogP contribution < -0.4 is 4.90 Å². The monoisotopic (exact) mass is 364 g/mol. The molecule has 142 valence electrons. The molecule has 1 aromatic carbocycles. The quantitative estimate of drug-likeness (QED) is 0.629. The van der Waals surface area contributed by atoms with Crippen LogP contribution in [0, 0.1) is 13.8 Å². The fourth-order valence-electron chi connectivity index (χ4n) is 3.73. The summed E-state index contributed by atoms with van der Waals surface area (Å²) in [6.45, 7) is 10.7. The average molecular weight is 364 g/mol. The number of unbranched alkanes of at least 4 members (excludes halogenated alkanes) is 1. The van der Waals surface area contributed by atoms with E-state index < -0.39 is 0 Å². The molecule has 0 N–H and O–H groups in total. The number of benzene rings is 1. The van der Waals surface area contributed by atoms with Crippen molar-refractivity contribution in [2.24, 2.45) is 0 Å². The fraction of sp³-hybridized carbons (Fsp3) is 0.476. The van der Waals surface area contributed by atoms with Gasteiger partial charge in [-0.15, -0.1) is 0 Å². The maximum Gasteiger partial charge on any atom is 0.225 e. The zero-order valence-corrected chi connectivity index (χ0v) is 16.3. The van der Waals surface area contributed by atoms with Crippen LogP contribution in [0.5, 0.6) is 0 Å². The van der Waals surface area contributed by atoms with Gasteiger partial charge in [0.2, 0.25) is 5.95 Å². The van der Waals surface area contributed by atoms with E-state index in [4.69, 9.17) is 0 Å². The van der Waals surface area contributed by atoms with Crippen molar-refractivity contribution >= 4 is 17.0 Å². The van der Waals surface area contributed by atoms with Gasteiger partial charge in [-0.05, 0) is 62.6 Å². The average Bonchev–Trinajstić information content (AvgIpc) is 3.08. The van der Waals surface area contributed by atoms with Crippen LogP contribution in [-0.4, -0.2) is 57.1 Å². The van der Waals surface area contributed by atoms with Crippen molar-refractivity contribution in [2.45, 2.75) is 33.2 Å². The first-order valence-corrected chi connectivity index (χ1v) is 9.87. The maximum atomic E-state index is 4.56. The normalized spacial score (nSPS) is 15.6. The van der Waals surface area contributed by atoms with Crippen molar-refractivity contribution < 1.29 is 0 Å². The van der Waals surface area contributed by atoms with Crippen molar-refractivity contribution in [3.05, 3.63) is 48.0 Å². The molecule has 0 atom stereocenters. The molecule has 2 aromatic heterocycles. The Morgan fingerprint density at radius 1 is 0.852 bits per heavy atom. The highest BCUT2D eigenvalue weighted by atomic mass is 15.3. The first-order valence-electron chi connectivity index (χ1n) is 9.87. The second-order valence-corrected chi connectivity index (χ2v) is 7.45. The van der Waals surface area contributed by atoms with E-state index in [9.17, 15) is 0 Å². The number of aryl methyl sites for hydroxylation is 3. The molecular weight excluding hydrogens is 336 g/mol. The molecule has 0 bridgehead atoms. The van der Waals surface area contributed by atoms with Gasteiger partial charge in [-0.1, -0.05) is 0 Å². The minimum atomic E-state index is 0.856. The summed E-state index contributed by atoms with van der Waals surface area (Å²) in [4.78, 5) is 18.1. The number of hydrogen-bond donors (Lipinski definition) is 0. The number of imidazole rings is 1. The van der Waals surface area contributed by atoms with E-state index in [0.29, 0.717) is 0 Å². The number of fused-ring (bicyclic) bond motifs is 1. The van der Waals surface area contributed by atoms with Gasteiger partial charge in [0.05, 0.1) is 17.4 Å². The molecule has 0 amide bonds. The van der Waals surface area contributed by atoms with Gasteiger partial charge in [0.15, 0.2) is 0 Å². The minimum Gasteiger partial charge on any atom is -0.338 e. The Labute approximate surface area is 160 Å². The highest BCUT2D eigenvalue weighted by molar-refractivity contribution is 5.77. The molecular formula is C21H28N6. The first kappa shape index (κ1) is 17.9. The largest absolute Gasteiger partial charge is 0.338 e. The Bertz CT molecular complexity index is 880. The highest BCUT2D eigenvalue weighted by Gasteiger charge is 2.18. The van der Waals surface area contributed by atoms with E-state index in [0.717, 1.165) is 50.7 Å². The van der Waals surface area contributed by atoms with E-state index in [-0.39, 0.29) is 0 Å². The molecule has 1 aliphatic rings. The van der Waals surface area contributed by atoms with Gasteiger partial charge in [0, 0.05) is 45.1 Å². The lowest BCUT2D eigenvalue weighted by atomic mass is 10.1. The summed E-state index contributed by atoms with van der Waals surface area (Å²) in [5.74, 6) is 0.856. The zero-order chi connectivity index (χ0) is 18.6. The predicted molar refractivity (Wildman–Crippen MR) is 109 cm³/mol. The lowest BCUT2D eigenvalue weighted by molar-refractivity contribution is 0.250. The molecule has 6 heteroatoms. The van der Waals surface area contributed by atoms with Crippen LogP contribution in [0.25, 0.3) is 11.0 Å². The van der Waals surface area contributed by atoms with Crippen LogP contribution >= 0.6 is 0 Å². The van der Waals surface area contributed by atoms with Crippen LogP contribution in [0.3, 0.4) is 0 Å². The lowest BCUT2D eigenvalue weighted by Gasteiger charge is -2.34. The second kappa shape index (κ2) is 8.05. The predicted octanol–water partition coefficient (Wildman–Crippen LogP) is 3.05. The van der Waals surface area contributed by atoms with E-state index in [1.807, 2.05) is 24.8 Å². The van der Waals surface area contributed by atoms with Crippen LogP contribution in [0.2, 0.25) is 0 Å². The second-order valence-electron chi connectivity index (χ2n) is 7.45. The third kappa shape index (κ3) is 4.11. The molecule has 0 radical (unpaired) electrons. The standard InChI is InChI=1S/C21H28N6/c1-17-14-19-20(15-18(17)2)27(16-24-19)9-4-3-8-25-10-12-26(13-11-25)21-22-6-5-7-23-21/h5-7,14-16H,3-4,8-13H2,1-2H3. The number of piperazine rings is 1. The van der Waals surface area contributed by atoms with Gasteiger partial charge in [-0.25, -0.2) is 15.0 Å². The molecule has 1 aliphatic heterocycles. The summed E-state index contributed by atoms with van der Waals surface area (Å²) in [6.07, 6.45) is 8.02. The SMILES string of the molecule is Cc1cc2ncn(CCCCN3CCN(c4ncccn4)CC3)c2cc1C. The molecule has 1 saturated heterocycles. The van der Waals surface area contributed by atoms with Crippen molar-refractivity contribution in [3.8, 4) is 0 Å². The summed E-state index contributed by atoms with van der Waals surface area (Å²) in [7, 11) is 0. The van der Waals surface area contributed by atoms with E-state index in [2.05, 4.69) is 55.3 Å². The molecule has 27 heavy (non-hydrogen) atoms. The molecule has 4 rings (SSSR count). The van der Waals surface area contributed by atoms with Crippen molar-refractivity contribution in [1.29, 1.82) is 0 Å². The van der Waals surface area contributed by atoms with E-state index >= 15 is 0 Å². The van der Waals surface area contributed by atoms with Gasteiger partial charge in [0.25, 0.3) is 0 Å². The van der Waals surface area contributed by atoms with Crippen molar-refractivity contribution in [1.82, 2.24) is 24.4 Å². The topological polar surface area (TPSA) is 50.1 Å². The molecule has 0 aliphatic carbocycles. The molecule has 3 heterocycles. The van der Waals surface area contributed by atoms with E-state index in [1.54, 1.807) is 0 Å². The molecule has 1 fully saturated rings. The molecule has 6 nitrogen and oxygen atoms in total. The lowest BCUT2D eigenvalue weighted by Crippen LogP contribution is -2.47. The van der Waals surface area contributed by atoms with Gasteiger partial charge < -0.3 is 9.47 Å². The Kier molecular flexibility index (Phi) is 5.34. The summed E-state index contributed by atoms with van der Waals surface area (Å²) in [5.41, 5.74) is 5.02. The Morgan fingerprint density at radius 2 is 1.56 bits per heavy atom. The molecule has 0 saturated carbocycles. The van der Waals surface area contributed by atoms with Crippen molar-refractivity contribution in [2.75, 3.05) is 37.6 Å². The summed E-state index contributed by atoms with van der Waals surface area (Å²) >= 11 is 0. The smallest absolute Gasteiger partial charge is 0.225 e. The molecule has 0 unspecified atom stereocenters. The van der Waals surface area contributed by atoms with Gasteiger partial charge in [0.1, 0.15) is 0 Å². The summed E-state index contributed by atoms with van der Waals surface area (Å²) in [5, 5.41) is 0. The Morgan fingerprint density at radius 3 is 2.33 bits per heavy atom. The molecule has 3 aromatic rings. The number of rotatable bonds is 6. The van der Waals surface area contributed by atoms with Crippen LogP contribution in [0.15, 0.2) is 36.9 Å². The third-order valence-electron chi connectivity index (χ3n) is 5.57. The summed E-state index contributed by atoms with van der Waals surface area (Å²) < 4.78 is 2.30. The van der Waals surface area contributed by atoms with Gasteiger partial charge in [-0.2, -0.15) is 0 Å². The molecule has 0 spiro atoms. The number of anilines is 1.